The summed E-state index contributed by atoms with van der Waals surface area (Å²) in [5.74, 6) is -0.335. The summed E-state index contributed by atoms with van der Waals surface area (Å²) >= 11 is 0. The molecule has 0 bridgehead atoms. The number of hydrogen-bond acceptors (Lipinski definition) is 2. The first-order valence-electron chi connectivity index (χ1n) is 5.34. The minimum atomic E-state index is -0.784. The summed E-state index contributed by atoms with van der Waals surface area (Å²) in [6, 6.07) is 0. The summed E-state index contributed by atoms with van der Waals surface area (Å²) in [6.45, 7) is 6.08. The summed E-state index contributed by atoms with van der Waals surface area (Å²) < 4.78 is 0. The second-order valence-electron chi connectivity index (χ2n) is 4.42. The number of rotatable bonds is 7. The summed E-state index contributed by atoms with van der Waals surface area (Å²) in [4.78, 5) is 10.3. The van der Waals surface area contributed by atoms with Crippen molar-refractivity contribution in [2.24, 2.45) is 5.92 Å². The van der Waals surface area contributed by atoms with Crippen LogP contribution in [0.15, 0.2) is 0 Å². The summed E-state index contributed by atoms with van der Waals surface area (Å²) in [5.41, 5.74) is -0.663. The Bertz CT molecular complexity index is 177. The van der Waals surface area contributed by atoms with E-state index in [4.69, 9.17) is 5.11 Å². The first-order valence-corrected chi connectivity index (χ1v) is 5.34. The highest BCUT2D eigenvalue weighted by Crippen LogP contribution is 2.26. The Labute approximate surface area is 86.1 Å². The minimum absolute atomic E-state index is 0.153. The van der Waals surface area contributed by atoms with Gasteiger partial charge in [0, 0.05) is 6.42 Å². The molecule has 1 atom stereocenters. The zero-order valence-corrected chi connectivity index (χ0v) is 9.42. The van der Waals surface area contributed by atoms with Crippen LogP contribution in [-0.2, 0) is 4.79 Å². The van der Waals surface area contributed by atoms with Gasteiger partial charge in [0.25, 0.3) is 0 Å². The van der Waals surface area contributed by atoms with Crippen molar-refractivity contribution < 1.29 is 15.0 Å². The van der Waals surface area contributed by atoms with Crippen molar-refractivity contribution in [1.82, 2.24) is 0 Å². The Morgan fingerprint density at radius 3 is 2.36 bits per heavy atom. The maximum absolute atomic E-state index is 10.3. The fourth-order valence-electron chi connectivity index (χ4n) is 1.75. The lowest BCUT2D eigenvalue weighted by atomic mass is 9.85. The van der Waals surface area contributed by atoms with Gasteiger partial charge >= 0.3 is 5.97 Å². The largest absolute Gasteiger partial charge is 0.481 e. The molecule has 0 amide bonds. The van der Waals surface area contributed by atoms with Crippen LogP contribution < -0.4 is 0 Å². The first-order chi connectivity index (χ1) is 6.39. The average Bonchev–Trinajstić information content (AvgIpc) is 2.02. The molecule has 3 heteroatoms. The zero-order valence-electron chi connectivity index (χ0n) is 9.42. The van der Waals surface area contributed by atoms with Crippen molar-refractivity contribution in [3.8, 4) is 0 Å². The lowest BCUT2D eigenvalue weighted by Crippen LogP contribution is -2.29. The monoisotopic (exact) mass is 202 g/mol. The van der Waals surface area contributed by atoms with Crippen molar-refractivity contribution in [2.45, 2.75) is 58.5 Å². The molecule has 0 saturated heterocycles. The highest BCUT2D eigenvalue weighted by atomic mass is 16.4. The fourth-order valence-corrected chi connectivity index (χ4v) is 1.75. The van der Waals surface area contributed by atoms with Crippen LogP contribution in [0.5, 0.6) is 0 Å². The van der Waals surface area contributed by atoms with Gasteiger partial charge in [0.15, 0.2) is 0 Å². The molecule has 2 N–H and O–H groups in total. The van der Waals surface area contributed by atoms with E-state index in [0.29, 0.717) is 25.2 Å². The van der Waals surface area contributed by atoms with Crippen LogP contribution in [-0.4, -0.2) is 21.8 Å². The lowest BCUT2D eigenvalue weighted by Gasteiger charge is -2.28. The second-order valence-corrected chi connectivity index (χ2v) is 4.42. The third kappa shape index (κ3) is 5.97. The molecule has 0 radical (unpaired) electrons. The van der Waals surface area contributed by atoms with Gasteiger partial charge in [0.1, 0.15) is 0 Å². The van der Waals surface area contributed by atoms with Crippen molar-refractivity contribution in [3.05, 3.63) is 0 Å². The van der Waals surface area contributed by atoms with Crippen LogP contribution in [0.1, 0.15) is 52.9 Å². The summed E-state index contributed by atoms with van der Waals surface area (Å²) in [6.07, 6.45) is 2.76. The third-order valence-electron chi connectivity index (χ3n) is 2.48. The van der Waals surface area contributed by atoms with Crippen molar-refractivity contribution in [3.63, 3.8) is 0 Å². The van der Waals surface area contributed by atoms with Gasteiger partial charge in [-0.25, -0.2) is 0 Å². The number of carbonyl (C=O) groups is 1. The second kappa shape index (κ2) is 6.02. The molecular weight excluding hydrogens is 180 g/mol. The predicted octanol–water partition coefficient (Wildman–Crippen LogP) is 2.43. The maximum Gasteiger partial charge on any atom is 0.303 e. The first kappa shape index (κ1) is 13.4. The topological polar surface area (TPSA) is 57.5 Å². The van der Waals surface area contributed by atoms with E-state index in [9.17, 15) is 9.90 Å². The number of carboxylic acid groups (broad SMARTS) is 1. The molecule has 0 fully saturated rings. The van der Waals surface area contributed by atoms with Gasteiger partial charge in [0.2, 0.25) is 0 Å². The van der Waals surface area contributed by atoms with Crippen LogP contribution >= 0.6 is 0 Å². The molecule has 0 spiro atoms. The zero-order chi connectivity index (χ0) is 11.2. The molecule has 14 heavy (non-hydrogen) atoms. The Balaban J connectivity index is 3.92. The van der Waals surface area contributed by atoms with E-state index < -0.39 is 11.6 Å². The fraction of sp³-hybridized carbons (Fsp3) is 0.909. The number of aliphatic carboxylic acids is 1. The maximum atomic E-state index is 10.3. The highest BCUT2D eigenvalue weighted by molar-refractivity contribution is 5.66. The van der Waals surface area contributed by atoms with E-state index in [1.54, 1.807) is 0 Å². The molecule has 0 aromatic rings. The molecule has 0 aromatic heterocycles. The lowest BCUT2D eigenvalue weighted by molar-refractivity contribution is -0.137. The molecule has 0 heterocycles. The van der Waals surface area contributed by atoms with Crippen molar-refractivity contribution in [2.75, 3.05) is 0 Å². The Morgan fingerprint density at radius 1 is 1.43 bits per heavy atom. The SMILES string of the molecule is CCC(O)(CCCC(=O)O)CC(C)C. The van der Waals surface area contributed by atoms with Crippen LogP contribution in [0.3, 0.4) is 0 Å². The molecule has 0 aromatic carbocycles. The molecule has 0 aliphatic rings. The normalized spacial score (nSPS) is 15.5. The molecule has 0 rings (SSSR count). The van der Waals surface area contributed by atoms with Crippen LogP contribution in [0.2, 0.25) is 0 Å². The van der Waals surface area contributed by atoms with Crippen molar-refractivity contribution >= 4 is 5.97 Å². The van der Waals surface area contributed by atoms with E-state index in [0.717, 1.165) is 6.42 Å². The standard InChI is InChI=1S/C11H22O3/c1-4-11(14,8-9(2)3)7-5-6-10(12)13/h9,14H,4-8H2,1-3H3,(H,12,13). The number of aliphatic hydroxyl groups is 1. The Morgan fingerprint density at radius 2 is 2.00 bits per heavy atom. The molecule has 84 valence electrons. The molecule has 0 aliphatic heterocycles. The smallest absolute Gasteiger partial charge is 0.303 e. The summed E-state index contributed by atoms with van der Waals surface area (Å²) in [7, 11) is 0. The molecule has 0 saturated carbocycles. The molecule has 1 unspecified atom stereocenters. The quantitative estimate of drug-likeness (QED) is 0.666. The average molecular weight is 202 g/mol. The van der Waals surface area contributed by atoms with E-state index in [1.165, 1.54) is 0 Å². The number of hydrogen-bond donors (Lipinski definition) is 2. The van der Waals surface area contributed by atoms with Crippen LogP contribution in [0.4, 0.5) is 0 Å². The van der Waals surface area contributed by atoms with Gasteiger partial charge in [-0.2, -0.15) is 0 Å². The van der Waals surface area contributed by atoms with Gasteiger partial charge in [0.05, 0.1) is 5.60 Å². The minimum Gasteiger partial charge on any atom is -0.481 e. The molecule has 0 aliphatic carbocycles. The van der Waals surface area contributed by atoms with Gasteiger partial charge in [-0.1, -0.05) is 20.8 Å². The highest BCUT2D eigenvalue weighted by Gasteiger charge is 2.25. The van der Waals surface area contributed by atoms with Crippen LogP contribution in [0.25, 0.3) is 0 Å². The van der Waals surface area contributed by atoms with E-state index in [2.05, 4.69) is 13.8 Å². The Hall–Kier alpha value is -0.570. The molecule has 3 nitrogen and oxygen atoms in total. The number of carboxylic acids is 1. The van der Waals surface area contributed by atoms with Gasteiger partial charge in [-0.15, -0.1) is 0 Å². The third-order valence-corrected chi connectivity index (χ3v) is 2.48. The van der Waals surface area contributed by atoms with Gasteiger partial charge < -0.3 is 10.2 Å². The van der Waals surface area contributed by atoms with Gasteiger partial charge in [-0.3, -0.25) is 4.79 Å². The van der Waals surface area contributed by atoms with Crippen LogP contribution in [0, 0.1) is 5.92 Å². The predicted molar refractivity (Wildman–Crippen MR) is 56.2 cm³/mol. The van der Waals surface area contributed by atoms with E-state index in [-0.39, 0.29) is 6.42 Å². The Kier molecular flexibility index (Phi) is 5.77. The summed E-state index contributed by atoms with van der Waals surface area (Å²) in [5, 5.41) is 18.6. The van der Waals surface area contributed by atoms with E-state index >= 15 is 0 Å². The molecular formula is C11H22O3. The van der Waals surface area contributed by atoms with Gasteiger partial charge in [-0.05, 0) is 31.6 Å². The van der Waals surface area contributed by atoms with E-state index in [1.807, 2.05) is 6.92 Å². The van der Waals surface area contributed by atoms with Crippen molar-refractivity contribution in [1.29, 1.82) is 0 Å².